The van der Waals surface area contributed by atoms with E-state index in [1.807, 2.05) is 25.1 Å². The molecule has 0 saturated carbocycles. The van der Waals surface area contributed by atoms with Gasteiger partial charge in [-0.3, -0.25) is 0 Å². The maximum atomic E-state index is 11.2. The van der Waals surface area contributed by atoms with Crippen molar-refractivity contribution in [1.82, 2.24) is 9.78 Å². The van der Waals surface area contributed by atoms with Crippen molar-refractivity contribution in [1.29, 1.82) is 0 Å². The molecule has 0 unspecified atom stereocenters. The molecule has 0 amide bonds. The van der Waals surface area contributed by atoms with Crippen LogP contribution in [0.4, 0.5) is 0 Å². The molecule has 6 heteroatoms. The maximum absolute atomic E-state index is 11.2. The number of aliphatic hydroxyl groups excluding tert-OH is 1. The molecule has 2 aromatic rings. The molecule has 1 aromatic heterocycles. The van der Waals surface area contributed by atoms with Crippen molar-refractivity contribution in [3.8, 4) is 5.69 Å². The first-order valence-electron chi connectivity index (χ1n) is 6.22. The predicted octanol–water partition coefficient (Wildman–Crippen LogP) is 2.57. The Hall–Kier alpha value is -1.66. The molecule has 106 valence electrons. The first-order valence-corrected chi connectivity index (χ1v) is 7.02. The standard InChI is InChI=1S/C14H15BrN2O3/c1-9-4-2-6-11(12(9)15)17-8-10(5-3-7-18)13(16-17)14(19)20/h2,4,6,8,18H,3,5,7H2,1H3,(H,19,20). The quantitative estimate of drug-likeness (QED) is 0.878. The van der Waals surface area contributed by atoms with Crippen molar-refractivity contribution >= 4 is 21.9 Å². The number of aromatic nitrogens is 2. The molecule has 1 heterocycles. The molecule has 0 atom stereocenters. The minimum Gasteiger partial charge on any atom is -0.476 e. The highest BCUT2D eigenvalue weighted by atomic mass is 79.9. The number of nitrogens with zero attached hydrogens (tertiary/aromatic N) is 2. The second-order valence-corrected chi connectivity index (χ2v) is 5.28. The Morgan fingerprint density at radius 1 is 1.45 bits per heavy atom. The average Bonchev–Trinajstić information content (AvgIpc) is 2.83. The zero-order valence-corrected chi connectivity index (χ0v) is 12.6. The highest BCUT2D eigenvalue weighted by molar-refractivity contribution is 9.10. The van der Waals surface area contributed by atoms with Gasteiger partial charge in [-0.05, 0) is 47.3 Å². The number of halogens is 1. The van der Waals surface area contributed by atoms with Crippen LogP contribution < -0.4 is 0 Å². The molecular formula is C14H15BrN2O3. The summed E-state index contributed by atoms with van der Waals surface area (Å²) in [5, 5.41) is 22.2. The number of carboxylic acid groups (broad SMARTS) is 1. The third-order valence-corrected chi connectivity index (χ3v) is 4.05. The largest absolute Gasteiger partial charge is 0.476 e. The minimum absolute atomic E-state index is 0.0262. The van der Waals surface area contributed by atoms with Crippen LogP contribution in [-0.4, -0.2) is 32.6 Å². The second-order valence-electron chi connectivity index (χ2n) is 4.49. The van der Waals surface area contributed by atoms with Gasteiger partial charge in [0.25, 0.3) is 0 Å². The van der Waals surface area contributed by atoms with E-state index in [1.165, 1.54) is 0 Å². The SMILES string of the molecule is Cc1cccc(-n2cc(CCCO)c(C(=O)O)n2)c1Br. The topological polar surface area (TPSA) is 75.4 Å². The lowest BCUT2D eigenvalue weighted by atomic mass is 10.1. The van der Waals surface area contributed by atoms with Crippen LogP contribution in [0.3, 0.4) is 0 Å². The Labute approximate surface area is 125 Å². The molecule has 2 N–H and O–H groups in total. The molecule has 0 aliphatic carbocycles. The van der Waals surface area contributed by atoms with Crippen molar-refractivity contribution in [2.45, 2.75) is 19.8 Å². The highest BCUT2D eigenvalue weighted by Crippen LogP contribution is 2.25. The van der Waals surface area contributed by atoms with Gasteiger partial charge in [0, 0.05) is 22.8 Å². The molecule has 0 saturated heterocycles. The van der Waals surface area contributed by atoms with Crippen LogP contribution in [0.2, 0.25) is 0 Å². The van der Waals surface area contributed by atoms with E-state index in [1.54, 1.807) is 10.9 Å². The van der Waals surface area contributed by atoms with Crippen LogP contribution >= 0.6 is 15.9 Å². The van der Waals surface area contributed by atoms with E-state index in [2.05, 4.69) is 21.0 Å². The number of hydrogen-bond acceptors (Lipinski definition) is 3. The van der Waals surface area contributed by atoms with E-state index in [0.717, 1.165) is 15.7 Å². The lowest BCUT2D eigenvalue weighted by molar-refractivity contribution is 0.0688. The molecule has 0 spiro atoms. The van der Waals surface area contributed by atoms with Gasteiger partial charge in [0.05, 0.1) is 5.69 Å². The van der Waals surface area contributed by atoms with E-state index < -0.39 is 5.97 Å². The zero-order valence-electron chi connectivity index (χ0n) is 11.0. The van der Waals surface area contributed by atoms with Crippen LogP contribution in [-0.2, 0) is 6.42 Å². The monoisotopic (exact) mass is 338 g/mol. The number of aryl methyl sites for hydroxylation is 2. The van der Waals surface area contributed by atoms with Crippen molar-refractivity contribution in [3.05, 3.63) is 45.7 Å². The third kappa shape index (κ3) is 2.91. The van der Waals surface area contributed by atoms with Crippen LogP contribution in [0, 0.1) is 6.92 Å². The van der Waals surface area contributed by atoms with Crippen LogP contribution in [0.25, 0.3) is 5.69 Å². The average molecular weight is 339 g/mol. The van der Waals surface area contributed by atoms with Gasteiger partial charge in [0.15, 0.2) is 5.69 Å². The number of aliphatic hydroxyl groups is 1. The number of hydrogen-bond donors (Lipinski definition) is 2. The predicted molar refractivity (Wildman–Crippen MR) is 78.4 cm³/mol. The third-order valence-electron chi connectivity index (χ3n) is 3.02. The molecular weight excluding hydrogens is 324 g/mol. The lowest BCUT2D eigenvalue weighted by Crippen LogP contribution is -2.03. The van der Waals surface area contributed by atoms with Gasteiger partial charge < -0.3 is 10.2 Å². The molecule has 0 aliphatic heterocycles. The molecule has 0 bridgehead atoms. The van der Waals surface area contributed by atoms with Crippen LogP contribution in [0.15, 0.2) is 28.9 Å². The van der Waals surface area contributed by atoms with Gasteiger partial charge in [0.1, 0.15) is 0 Å². The molecule has 0 radical (unpaired) electrons. The Morgan fingerprint density at radius 3 is 2.85 bits per heavy atom. The van der Waals surface area contributed by atoms with E-state index in [4.69, 9.17) is 5.11 Å². The summed E-state index contributed by atoms with van der Waals surface area (Å²) in [5.74, 6) is -1.06. The van der Waals surface area contributed by atoms with Crippen molar-refractivity contribution in [2.24, 2.45) is 0 Å². The van der Waals surface area contributed by atoms with E-state index in [0.29, 0.717) is 18.4 Å². The number of carbonyl (C=O) groups is 1. The molecule has 0 fully saturated rings. The van der Waals surface area contributed by atoms with E-state index in [9.17, 15) is 9.90 Å². The fourth-order valence-corrected chi connectivity index (χ4v) is 2.42. The molecule has 5 nitrogen and oxygen atoms in total. The van der Waals surface area contributed by atoms with Gasteiger partial charge in [-0.25, -0.2) is 9.48 Å². The molecule has 0 aliphatic rings. The highest BCUT2D eigenvalue weighted by Gasteiger charge is 2.17. The minimum atomic E-state index is -1.06. The van der Waals surface area contributed by atoms with E-state index in [-0.39, 0.29) is 12.3 Å². The molecule has 2 rings (SSSR count). The summed E-state index contributed by atoms with van der Waals surface area (Å²) in [6, 6.07) is 5.72. The first kappa shape index (κ1) is 14.7. The second kappa shape index (κ2) is 6.19. The number of carboxylic acids is 1. The Morgan fingerprint density at radius 2 is 2.20 bits per heavy atom. The summed E-state index contributed by atoms with van der Waals surface area (Å²) in [7, 11) is 0. The Bertz CT molecular complexity index is 637. The number of aromatic carboxylic acids is 1. The van der Waals surface area contributed by atoms with Crippen molar-refractivity contribution in [3.63, 3.8) is 0 Å². The number of rotatable bonds is 5. The molecule has 1 aromatic carbocycles. The van der Waals surface area contributed by atoms with Gasteiger partial charge in [-0.1, -0.05) is 12.1 Å². The van der Waals surface area contributed by atoms with Crippen LogP contribution in [0.1, 0.15) is 28.0 Å². The fraction of sp³-hybridized carbons (Fsp3) is 0.286. The summed E-state index contributed by atoms with van der Waals surface area (Å²) < 4.78 is 2.45. The Kier molecular flexibility index (Phi) is 4.57. The summed E-state index contributed by atoms with van der Waals surface area (Å²) in [5.41, 5.74) is 2.50. The fourth-order valence-electron chi connectivity index (χ4n) is 1.97. The normalized spacial score (nSPS) is 10.8. The Balaban J connectivity index is 2.47. The summed E-state index contributed by atoms with van der Waals surface area (Å²) in [4.78, 5) is 11.2. The van der Waals surface area contributed by atoms with Gasteiger partial charge in [-0.15, -0.1) is 0 Å². The first-order chi connectivity index (χ1) is 9.54. The summed E-state index contributed by atoms with van der Waals surface area (Å²) >= 11 is 3.49. The van der Waals surface area contributed by atoms with Gasteiger partial charge >= 0.3 is 5.97 Å². The number of benzene rings is 1. The van der Waals surface area contributed by atoms with Gasteiger partial charge in [-0.2, -0.15) is 5.10 Å². The van der Waals surface area contributed by atoms with E-state index >= 15 is 0 Å². The van der Waals surface area contributed by atoms with Crippen molar-refractivity contribution in [2.75, 3.05) is 6.61 Å². The van der Waals surface area contributed by atoms with Gasteiger partial charge in [0.2, 0.25) is 0 Å². The van der Waals surface area contributed by atoms with Crippen LogP contribution in [0.5, 0.6) is 0 Å². The molecule has 20 heavy (non-hydrogen) atoms. The summed E-state index contributed by atoms with van der Waals surface area (Å²) in [6.07, 6.45) is 2.71. The van der Waals surface area contributed by atoms with Crippen molar-refractivity contribution < 1.29 is 15.0 Å². The smallest absolute Gasteiger partial charge is 0.356 e. The maximum Gasteiger partial charge on any atom is 0.356 e. The zero-order chi connectivity index (χ0) is 14.7. The lowest BCUT2D eigenvalue weighted by Gasteiger charge is -2.06. The summed E-state index contributed by atoms with van der Waals surface area (Å²) in [6.45, 7) is 1.99.